The molecule has 0 saturated carbocycles. The molecule has 3 rings (SSSR count). The van der Waals surface area contributed by atoms with Crippen LogP contribution in [-0.4, -0.2) is 47.7 Å². The Balaban J connectivity index is 2.46. The third-order valence-corrected chi connectivity index (χ3v) is 5.53. The second kappa shape index (κ2) is 5.35. The van der Waals surface area contributed by atoms with Crippen molar-refractivity contribution in [2.24, 2.45) is 0 Å². The van der Waals surface area contributed by atoms with E-state index in [2.05, 4.69) is 0 Å². The topological polar surface area (TPSA) is 183 Å². The zero-order valence-electron chi connectivity index (χ0n) is 12.4. The Morgan fingerprint density at radius 3 is 1.81 bits per heavy atom. The number of hydrogen-bond donors (Lipinski definition) is 4. The van der Waals surface area contributed by atoms with Gasteiger partial charge in [0.2, 0.25) is 0 Å². The van der Waals surface area contributed by atoms with E-state index in [0.717, 1.165) is 18.2 Å². The first-order valence-electron chi connectivity index (χ1n) is 6.62. The summed E-state index contributed by atoms with van der Waals surface area (Å²) in [5, 5.41) is 19.7. The number of phenols is 2. The third kappa shape index (κ3) is 2.47. The number of fused-ring (bicyclic) bond motifs is 2. The van der Waals surface area contributed by atoms with Crippen molar-refractivity contribution < 1.29 is 45.7 Å². The second-order valence-electron chi connectivity index (χ2n) is 5.28. The van der Waals surface area contributed by atoms with Gasteiger partial charge in [-0.05, 0) is 12.1 Å². The van der Waals surface area contributed by atoms with Gasteiger partial charge in [-0.2, -0.15) is 16.8 Å². The lowest BCUT2D eigenvalue weighted by Crippen LogP contribution is -2.24. The van der Waals surface area contributed by atoms with E-state index in [0.29, 0.717) is 6.07 Å². The molecule has 26 heavy (non-hydrogen) atoms. The highest BCUT2D eigenvalue weighted by atomic mass is 32.2. The molecule has 0 fully saturated rings. The Morgan fingerprint density at radius 2 is 1.27 bits per heavy atom. The van der Waals surface area contributed by atoms with Crippen LogP contribution in [0.3, 0.4) is 0 Å². The Bertz CT molecular complexity index is 1220. The molecular formula is C14H8O10S2. The highest BCUT2D eigenvalue weighted by molar-refractivity contribution is 7.86. The number of hydrogen-bond acceptors (Lipinski definition) is 8. The van der Waals surface area contributed by atoms with E-state index < -0.39 is 75.3 Å². The van der Waals surface area contributed by atoms with Gasteiger partial charge in [0.25, 0.3) is 20.2 Å². The van der Waals surface area contributed by atoms with Gasteiger partial charge in [-0.1, -0.05) is 12.1 Å². The molecule has 0 saturated heterocycles. The largest absolute Gasteiger partial charge is 0.504 e. The number of ketones is 2. The number of rotatable bonds is 2. The van der Waals surface area contributed by atoms with E-state index in [1.165, 1.54) is 0 Å². The molecule has 12 heteroatoms. The van der Waals surface area contributed by atoms with Gasteiger partial charge in [-0.15, -0.1) is 0 Å². The van der Waals surface area contributed by atoms with Crippen molar-refractivity contribution in [3.8, 4) is 11.5 Å². The van der Waals surface area contributed by atoms with Crippen molar-refractivity contribution in [2.45, 2.75) is 9.79 Å². The summed E-state index contributed by atoms with van der Waals surface area (Å²) < 4.78 is 63.9. The molecule has 0 aromatic heterocycles. The molecule has 0 unspecified atom stereocenters. The van der Waals surface area contributed by atoms with Crippen molar-refractivity contribution in [3.63, 3.8) is 0 Å². The van der Waals surface area contributed by atoms with Crippen LogP contribution in [0.1, 0.15) is 31.8 Å². The lowest BCUT2D eigenvalue weighted by Gasteiger charge is -2.21. The van der Waals surface area contributed by atoms with Crippen LogP contribution in [0.15, 0.2) is 34.1 Å². The molecule has 4 N–H and O–H groups in total. The monoisotopic (exact) mass is 400 g/mol. The molecule has 0 aliphatic heterocycles. The maximum Gasteiger partial charge on any atom is 0.298 e. The quantitative estimate of drug-likeness (QED) is 0.346. The van der Waals surface area contributed by atoms with Crippen molar-refractivity contribution in [1.82, 2.24) is 0 Å². The predicted molar refractivity (Wildman–Crippen MR) is 82.7 cm³/mol. The highest BCUT2D eigenvalue weighted by Gasteiger charge is 2.39. The van der Waals surface area contributed by atoms with Crippen LogP contribution in [0.2, 0.25) is 0 Å². The molecule has 10 nitrogen and oxygen atoms in total. The molecule has 136 valence electrons. The number of carbonyl (C=O) groups excluding carboxylic acids is 2. The van der Waals surface area contributed by atoms with Gasteiger partial charge in [0.1, 0.15) is 9.79 Å². The molecule has 2 aromatic carbocycles. The average molecular weight is 400 g/mol. The fourth-order valence-electron chi connectivity index (χ4n) is 2.68. The number of aromatic hydroxyl groups is 2. The lowest BCUT2D eigenvalue weighted by atomic mass is 9.83. The summed E-state index contributed by atoms with van der Waals surface area (Å²) in [6.07, 6.45) is 0. The summed E-state index contributed by atoms with van der Waals surface area (Å²) in [7, 11) is -9.96. The van der Waals surface area contributed by atoms with Gasteiger partial charge >= 0.3 is 0 Å². The first-order valence-corrected chi connectivity index (χ1v) is 9.50. The van der Waals surface area contributed by atoms with Crippen LogP contribution < -0.4 is 0 Å². The van der Waals surface area contributed by atoms with Gasteiger partial charge in [0.05, 0.1) is 11.1 Å². The summed E-state index contributed by atoms with van der Waals surface area (Å²) in [6.45, 7) is 0. The Kier molecular flexibility index (Phi) is 3.70. The number of carbonyl (C=O) groups is 2. The van der Waals surface area contributed by atoms with E-state index in [1.807, 2.05) is 0 Å². The molecule has 0 spiro atoms. The summed E-state index contributed by atoms with van der Waals surface area (Å²) in [4.78, 5) is 23.1. The van der Waals surface area contributed by atoms with Crippen LogP contribution in [0, 0.1) is 0 Å². The normalized spacial score (nSPS) is 14.1. The van der Waals surface area contributed by atoms with E-state index in [9.17, 15) is 41.2 Å². The van der Waals surface area contributed by atoms with Crippen molar-refractivity contribution in [3.05, 3.63) is 46.5 Å². The molecule has 0 amide bonds. The van der Waals surface area contributed by atoms with E-state index in [1.54, 1.807) is 0 Å². The molecule has 2 aromatic rings. The molecule has 1 aliphatic rings. The van der Waals surface area contributed by atoms with Crippen molar-refractivity contribution >= 4 is 31.8 Å². The van der Waals surface area contributed by atoms with E-state index in [4.69, 9.17) is 4.55 Å². The summed E-state index contributed by atoms with van der Waals surface area (Å²) in [6, 6.07) is 3.48. The Hall–Kier alpha value is -2.80. The zero-order chi connectivity index (χ0) is 19.6. The fraction of sp³-hybridized carbons (Fsp3) is 0. The van der Waals surface area contributed by atoms with Crippen LogP contribution in [0.5, 0.6) is 11.5 Å². The van der Waals surface area contributed by atoms with Crippen LogP contribution in [-0.2, 0) is 20.2 Å². The highest BCUT2D eigenvalue weighted by Crippen LogP contribution is 2.43. The average Bonchev–Trinajstić information content (AvgIpc) is 2.52. The maximum absolute atomic E-state index is 12.6. The lowest BCUT2D eigenvalue weighted by molar-refractivity contribution is 0.0973. The molecule has 1 aliphatic carbocycles. The second-order valence-corrected chi connectivity index (χ2v) is 8.06. The fourth-order valence-corrected chi connectivity index (χ4v) is 4.00. The molecule has 0 radical (unpaired) electrons. The molecular weight excluding hydrogens is 392 g/mol. The first kappa shape index (κ1) is 18.0. The van der Waals surface area contributed by atoms with Crippen LogP contribution >= 0.6 is 0 Å². The number of benzene rings is 2. The van der Waals surface area contributed by atoms with Crippen LogP contribution in [0.4, 0.5) is 0 Å². The van der Waals surface area contributed by atoms with Gasteiger partial charge in [0.15, 0.2) is 23.1 Å². The van der Waals surface area contributed by atoms with Gasteiger partial charge in [-0.25, -0.2) is 0 Å². The molecule has 0 bridgehead atoms. The Labute approximate surface area is 145 Å². The van der Waals surface area contributed by atoms with Gasteiger partial charge < -0.3 is 10.2 Å². The zero-order valence-corrected chi connectivity index (χ0v) is 14.0. The minimum atomic E-state index is -5.05. The minimum absolute atomic E-state index is 0.469. The molecule has 0 heterocycles. The number of phenolic OH excluding ortho intramolecular Hbond substituents is 2. The third-order valence-electron chi connectivity index (χ3n) is 3.76. The summed E-state index contributed by atoms with van der Waals surface area (Å²) in [5.41, 5.74) is -2.73. The van der Waals surface area contributed by atoms with Crippen molar-refractivity contribution in [1.29, 1.82) is 0 Å². The Morgan fingerprint density at radius 1 is 0.692 bits per heavy atom. The van der Waals surface area contributed by atoms with Crippen LogP contribution in [0.25, 0.3) is 0 Å². The molecule has 0 atom stereocenters. The standard InChI is InChI=1S/C14H8O10S2/c15-11-5-2-1-3-7(25(19,20)21)9(5)13(17)10-6(11)4-8(26(22,23)24)12(16)14(10)18/h1-4,16,18H,(H,19,20,21)(H,22,23,24). The van der Waals surface area contributed by atoms with E-state index >= 15 is 0 Å². The smallest absolute Gasteiger partial charge is 0.298 e. The summed E-state index contributed by atoms with van der Waals surface area (Å²) >= 11 is 0. The van der Waals surface area contributed by atoms with Crippen molar-refractivity contribution in [2.75, 3.05) is 0 Å². The van der Waals surface area contributed by atoms with E-state index in [-0.39, 0.29) is 0 Å². The predicted octanol–water partition coefficient (Wildman–Crippen LogP) is 0.367. The summed E-state index contributed by atoms with van der Waals surface area (Å²) in [5.74, 6) is -5.01. The van der Waals surface area contributed by atoms with Gasteiger partial charge in [-0.3, -0.25) is 18.7 Å². The first-order chi connectivity index (χ1) is 11.9. The van der Waals surface area contributed by atoms with Gasteiger partial charge in [0, 0.05) is 11.1 Å². The minimum Gasteiger partial charge on any atom is -0.504 e. The SMILES string of the molecule is O=C1c2cccc(S(=O)(=O)O)c2C(=O)c2c1cc(S(=O)(=O)O)c(O)c2O. The maximum atomic E-state index is 12.6.